The third-order valence-electron chi connectivity index (χ3n) is 4.12. The van der Waals surface area contributed by atoms with Crippen LogP contribution in [0.25, 0.3) is 0 Å². The molecule has 1 aliphatic rings. The molecule has 1 aromatic carbocycles. The summed E-state index contributed by atoms with van der Waals surface area (Å²) in [6.45, 7) is 4.12. The van der Waals surface area contributed by atoms with Crippen LogP contribution in [0.1, 0.15) is 24.5 Å². The highest BCUT2D eigenvalue weighted by atomic mass is 32.1. The molecule has 2 unspecified atom stereocenters. The average molecular weight is 294 g/mol. The van der Waals surface area contributed by atoms with Crippen molar-refractivity contribution in [3.63, 3.8) is 0 Å². The van der Waals surface area contributed by atoms with Crippen LogP contribution in [0.15, 0.2) is 18.2 Å². The summed E-state index contributed by atoms with van der Waals surface area (Å²) in [4.78, 5) is 2.69. The Morgan fingerprint density at radius 1 is 1.55 bits per heavy atom. The van der Waals surface area contributed by atoms with Crippen LogP contribution in [0, 0.1) is 5.92 Å². The summed E-state index contributed by atoms with van der Waals surface area (Å²) in [6, 6.07) is 5.98. The molecule has 1 fully saturated rings. The Kier molecular flexibility index (Phi) is 4.96. The minimum absolute atomic E-state index is 0.193. The lowest BCUT2D eigenvalue weighted by Gasteiger charge is -2.26. The number of ether oxygens (including phenoxy) is 1. The van der Waals surface area contributed by atoms with Gasteiger partial charge in [0.05, 0.1) is 13.7 Å². The smallest absolute Gasteiger partial charge is 0.123 e. The second kappa shape index (κ2) is 6.52. The first-order chi connectivity index (χ1) is 9.56. The van der Waals surface area contributed by atoms with Crippen molar-refractivity contribution in [2.45, 2.75) is 25.9 Å². The molecule has 20 heavy (non-hydrogen) atoms. The van der Waals surface area contributed by atoms with Gasteiger partial charge in [0.2, 0.25) is 0 Å². The van der Waals surface area contributed by atoms with E-state index in [2.05, 4.69) is 11.8 Å². The molecule has 0 saturated carbocycles. The number of rotatable bonds is 5. The highest BCUT2D eigenvalue weighted by molar-refractivity contribution is 7.80. The Bertz CT molecular complexity index is 493. The largest absolute Gasteiger partial charge is 0.496 e. The molecule has 3 N–H and O–H groups in total. The summed E-state index contributed by atoms with van der Waals surface area (Å²) >= 11 is 5.03. The zero-order valence-corrected chi connectivity index (χ0v) is 12.8. The van der Waals surface area contributed by atoms with Crippen LogP contribution in [-0.4, -0.2) is 41.3 Å². The summed E-state index contributed by atoms with van der Waals surface area (Å²) in [6.07, 6.45) is 1.11. The number of likely N-dealkylation sites (tertiary alicyclic amines) is 1. The van der Waals surface area contributed by atoms with Gasteiger partial charge >= 0.3 is 0 Å². The number of hydrogen-bond acceptors (Lipinski definition) is 4. The summed E-state index contributed by atoms with van der Waals surface area (Å²) in [5.41, 5.74) is 7.61. The average Bonchev–Trinajstić information content (AvgIpc) is 2.78. The molecular weight excluding hydrogens is 272 g/mol. The highest BCUT2D eigenvalue weighted by Crippen LogP contribution is 2.28. The third kappa shape index (κ3) is 3.11. The van der Waals surface area contributed by atoms with Gasteiger partial charge in [-0.25, -0.2) is 0 Å². The van der Waals surface area contributed by atoms with Gasteiger partial charge in [0, 0.05) is 23.7 Å². The Balaban J connectivity index is 2.23. The molecule has 0 aliphatic carbocycles. The summed E-state index contributed by atoms with van der Waals surface area (Å²) < 4.78 is 5.41. The zero-order chi connectivity index (χ0) is 14.7. The number of hydrogen-bond donors (Lipinski definition) is 2. The molecule has 0 aromatic heterocycles. The monoisotopic (exact) mass is 294 g/mol. The molecule has 2 rings (SSSR count). The molecular formula is C15H22N2O2S. The van der Waals surface area contributed by atoms with Crippen molar-refractivity contribution in [3.8, 4) is 5.75 Å². The number of methoxy groups -OCH3 is 1. The molecule has 0 amide bonds. The lowest BCUT2D eigenvalue weighted by molar-refractivity contribution is 0.133. The molecule has 1 saturated heterocycles. The third-order valence-corrected chi connectivity index (χ3v) is 4.36. The summed E-state index contributed by atoms with van der Waals surface area (Å²) in [5, 5.41) is 9.54. The van der Waals surface area contributed by atoms with E-state index >= 15 is 0 Å². The van der Waals surface area contributed by atoms with Crippen LogP contribution in [0.4, 0.5) is 0 Å². The van der Waals surface area contributed by atoms with E-state index in [1.807, 2.05) is 18.2 Å². The molecule has 1 aliphatic heterocycles. The van der Waals surface area contributed by atoms with E-state index < -0.39 is 0 Å². The van der Waals surface area contributed by atoms with Gasteiger partial charge in [-0.15, -0.1) is 0 Å². The molecule has 1 aromatic rings. The number of aliphatic hydroxyl groups excluding tert-OH is 1. The highest BCUT2D eigenvalue weighted by Gasteiger charge is 2.30. The molecule has 4 nitrogen and oxygen atoms in total. The van der Waals surface area contributed by atoms with Crippen molar-refractivity contribution in [3.05, 3.63) is 29.3 Å². The number of thiocarbonyl (C=S) groups is 1. The first-order valence-corrected chi connectivity index (χ1v) is 7.29. The van der Waals surface area contributed by atoms with Crippen molar-refractivity contribution in [2.75, 3.05) is 20.3 Å². The predicted molar refractivity (Wildman–Crippen MR) is 83.9 cm³/mol. The number of nitrogens with two attached hydrogens (primary N) is 1. The Hall–Kier alpha value is -1.17. The maximum absolute atomic E-state index is 9.54. The summed E-state index contributed by atoms with van der Waals surface area (Å²) in [7, 11) is 1.66. The number of aliphatic hydroxyl groups is 1. The molecule has 1 heterocycles. The molecule has 0 radical (unpaired) electrons. The van der Waals surface area contributed by atoms with Crippen LogP contribution < -0.4 is 10.5 Å². The standard InChI is InChI=1S/C15H22N2O2S/c1-10-5-6-17(13(10)9-18)8-12-7-11(15(16)20)3-4-14(12)19-2/h3-4,7,10,13,18H,5-6,8-9H2,1-2H3,(H2,16,20). The number of benzene rings is 1. The first-order valence-electron chi connectivity index (χ1n) is 6.88. The van der Waals surface area contributed by atoms with Crippen molar-refractivity contribution in [1.82, 2.24) is 4.90 Å². The maximum Gasteiger partial charge on any atom is 0.123 e. The van der Waals surface area contributed by atoms with E-state index in [0.29, 0.717) is 10.9 Å². The van der Waals surface area contributed by atoms with Crippen LogP contribution in [0.3, 0.4) is 0 Å². The van der Waals surface area contributed by atoms with E-state index in [-0.39, 0.29) is 12.6 Å². The second-order valence-electron chi connectivity index (χ2n) is 5.38. The minimum atomic E-state index is 0.193. The quantitative estimate of drug-likeness (QED) is 0.807. The predicted octanol–water partition coefficient (Wildman–Crippen LogP) is 1.53. The molecule has 5 heteroatoms. The Labute approximate surface area is 125 Å². The van der Waals surface area contributed by atoms with Crippen LogP contribution in [-0.2, 0) is 6.54 Å². The van der Waals surface area contributed by atoms with Crippen molar-refractivity contribution in [2.24, 2.45) is 11.7 Å². The zero-order valence-electron chi connectivity index (χ0n) is 12.0. The van der Waals surface area contributed by atoms with Crippen molar-refractivity contribution >= 4 is 17.2 Å². The fourth-order valence-electron chi connectivity index (χ4n) is 2.85. The molecule has 2 atom stereocenters. The Morgan fingerprint density at radius 2 is 2.30 bits per heavy atom. The minimum Gasteiger partial charge on any atom is -0.496 e. The van der Waals surface area contributed by atoms with Crippen molar-refractivity contribution < 1.29 is 9.84 Å². The van der Waals surface area contributed by atoms with Crippen LogP contribution in [0.2, 0.25) is 0 Å². The lowest BCUT2D eigenvalue weighted by atomic mass is 10.0. The van der Waals surface area contributed by atoms with Crippen LogP contribution >= 0.6 is 12.2 Å². The first kappa shape index (κ1) is 15.2. The van der Waals surface area contributed by atoms with Crippen molar-refractivity contribution in [1.29, 1.82) is 0 Å². The van der Waals surface area contributed by atoms with Gasteiger partial charge in [-0.1, -0.05) is 19.1 Å². The van der Waals surface area contributed by atoms with Crippen LogP contribution in [0.5, 0.6) is 5.75 Å². The van der Waals surface area contributed by atoms with Gasteiger partial charge in [0.25, 0.3) is 0 Å². The normalized spacial score (nSPS) is 22.9. The fraction of sp³-hybridized carbons (Fsp3) is 0.533. The SMILES string of the molecule is COc1ccc(C(N)=S)cc1CN1CCC(C)C1CO. The number of nitrogens with zero attached hydrogens (tertiary/aromatic N) is 1. The van der Waals surface area contributed by atoms with Gasteiger partial charge in [-0.05, 0) is 37.1 Å². The van der Waals surface area contributed by atoms with Gasteiger partial charge in [0.15, 0.2) is 0 Å². The van der Waals surface area contributed by atoms with Gasteiger partial charge in [0.1, 0.15) is 10.7 Å². The van der Waals surface area contributed by atoms with Gasteiger partial charge in [-0.2, -0.15) is 0 Å². The van der Waals surface area contributed by atoms with E-state index in [1.54, 1.807) is 7.11 Å². The molecule has 0 spiro atoms. The second-order valence-corrected chi connectivity index (χ2v) is 5.82. The maximum atomic E-state index is 9.54. The summed E-state index contributed by atoms with van der Waals surface area (Å²) in [5.74, 6) is 1.35. The lowest BCUT2D eigenvalue weighted by Crippen LogP contribution is -2.34. The van der Waals surface area contributed by atoms with Gasteiger partial charge in [-0.3, -0.25) is 4.90 Å². The van der Waals surface area contributed by atoms with E-state index in [4.69, 9.17) is 22.7 Å². The molecule has 0 bridgehead atoms. The van der Waals surface area contributed by atoms with E-state index in [9.17, 15) is 5.11 Å². The van der Waals surface area contributed by atoms with Gasteiger partial charge < -0.3 is 15.6 Å². The fourth-order valence-corrected chi connectivity index (χ4v) is 2.98. The topological polar surface area (TPSA) is 58.7 Å². The Morgan fingerprint density at radius 3 is 2.90 bits per heavy atom. The molecule has 110 valence electrons. The van der Waals surface area contributed by atoms with E-state index in [1.165, 1.54) is 0 Å². The van der Waals surface area contributed by atoms with E-state index in [0.717, 1.165) is 36.4 Å².